The Hall–Kier alpha value is -3.08. The quantitative estimate of drug-likeness (QED) is 0.372. The van der Waals surface area contributed by atoms with Crippen LogP contribution in [0.25, 0.3) is 10.8 Å². The molecule has 104 valence electrons. The highest BCUT2D eigenvalue weighted by atomic mass is 16.3. The lowest BCUT2D eigenvalue weighted by Crippen LogP contribution is -1.82. The molecular weight excluding hydrogens is 266 g/mol. The lowest BCUT2D eigenvalue weighted by molar-refractivity contribution is 0.474. The van der Waals surface area contributed by atoms with Crippen molar-refractivity contribution in [2.75, 3.05) is 5.73 Å². The van der Waals surface area contributed by atoms with Crippen molar-refractivity contribution < 1.29 is 10.2 Å². The van der Waals surface area contributed by atoms with Gasteiger partial charge >= 0.3 is 0 Å². The van der Waals surface area contributed by atoms with Crippen molar-refractivity contribution in [2.45, 2.75) is 0 Å². The molecular formula is C16H13N3O2. The fourth-order valence-corrected chi connectivity index (χ4v) is 2.07. The van der Waals surface area contributed by atoms with Crippen LogP contribution in [0.15, 0.2) is 64.8 Å². The number of benzene rings is 3. The Morgan fingerprint density at radius 1 is 0.810 bits per heavy atom. The second-order valence-corrected chi connectivity index (χ2v) is 4.60. The Bertz CT molecular complexity index is 844. The van der Waals surface area contributed by atoms with E-state index in [0.29, 0.717) is 11.4 Å². The first-order valence-electron chi connectivity index (χ1n) is 6.36. The summed E-state index contributed by atoms with van der Waals surface area (Å²) < 4.78 is 0. The minimum atomic E-state index is -0.0207. The van der Waals surface area contributed by atoms with Gasteiger partial charge in [0.15, 0.2) is 0 Å². The molecule has 0 saturated carbocycles. The third kappa shape index (κ3) is 2.49. The molecule has 3 aromatic rings. The van der Waals surface area contributed by atoms with E-state index in [-0.39, 0.29) is 17.2 Å². The number of aromatic hydroxyl groups is 2. The van der Waals surface area contributed by atoms with E-state index in [1.54, 1.807) is 12.1 Å². The lowest BCUT2D eigenvalue weighted by atomic mass is 10.1. The summed E-state index contributed by atoms with van der Waals surface area (Å²) in [4.78, 5) is 0. The smallest absolute Gasteiger partial charge is 0.143 e. The first kappa shape index (κ1) is 12.9. The summed E-state index contributed by atoms with van der Waals surface area (Å²) in [6.45, 7) is 0. The largest absolute Gasteiger partial charge is 0.506 e. The summed E-state index contributed by atoms with van der Waals surface area (Å²) in [5.74, 6) is 0.00789. The van der Waals surface area contributed by atoms with Crippen LogP contribution in [0.4, 0.5) is 17.1 Å². The number of nitrogens with zero attached hydrogens (tertiary/aromatic N) is 2. The van der Waals surface area contributed by atoms with Crippen molar-refractivity contribution in [1.82, 2.24) is 0 Å². The number of hydrogen-bond donors (Lipinski definition) is 3. The normalized spacial score (nSPS) is 11.2. The molecule has 0 saturated heterocycles. The van der Waals surface area contributed by atoms with Crippen molar-refractivity contribution in [3.63, 3.8) is 0 Å². The van der Waals surface area contributed by atoms with E-state index >= 15 is 0 Å². The fraction of sp³-hybridized carbons (Fsp3) is 0. The third-order valence-corrected chi connectivity index (χ3v) is 3.14. The van der Waals surface area contributed by atoms with Gasteiger partial charge < -0.3 is 15.9 Å². The van der Waals surface area contributed by atoms with E-state index in [0.717, 1.165) is 10.8 Å². The molecule has 0 aliphatic rings. The number of nitrogens with two attached hydrogens (primary N) is 1. The second-order valence-electron chi connectivity index (χ2n) is 4.60. The van der Waals surface area contributed by atoms with Gasteiger partial charge in [-0.2, -0.15) is 0 Å². The SMILES string of the molecule is Nc1ccc(O)c(N=Nc2c(O)ccc3ccccc23)c1. The number of hydrogen-bond acceptors (Lipinski definition) is 5. The lowest BCUT2D eigenvalue weighted by Gasteiger charge is -2.04. The van der Waals surface area contributed by atoms with Gasteiger partial charge in [0.2, 0.25) is 0 Å². The standard InChI is InChI=1S/C16H13N3O2/c17-11-6-8-14(20)13(9-11)18-19-16-12-4-2-1-3-10(12)5-7-15(16)21/h1-9,20-21H,17H2. The van der Waals surface area contributed by atoms with Crippen molar-refractivity contribution in [3.8, 4) is 11.5 Å². The number of anilines is 1. The van der Waals surface area contributed by atoms with Gasteiger partial charge in [-0.15, -0.1) is 10.2 Å². The molecule has 0 aromatic heterocycles. The third-order valence-electron chi connectivity index (χ3n) is 3.14. The zero-order valence-electron chi connectivity index (χ0n) is 11.1. The molecule has 21 heavy (non-hydrogen) atoms. The zero-order valence-corrected chi connectivity index (χ0v) is 11.1. The van der Waals surface area contributed by atoms with Gasteiger partial charge in [-0.3, -0.25) is 0 Å². The van der Waals surface area contributed by atoms with Crippen LogP contribution < -0.4 is 5.73 Å². The minimum absolute atomic E-state index is 0.0207. The van der Waals surface area contributed by atoms with E-state index in [2.05, 4.69) is 10.2 Å². The molecule has 0 atom stereocenters. The van der Waals surface area contributed by atoms with Crippen molar-refractivity contribution in [1.29, 1.82) is 0 Å². The maximum atomic E-state index is 9.97. The Morgan fingerprint density at radius 2 is 1.57 bits per heavy atom. The summed E-state index contributed by atoms with van der Waals surface area (Å²) >= 11 is 0. The highest BCUT2D eigenvalue weighted by Crippen LogP contribution is 2.37. The van der Waals surface area contributed by atoms with Gasteiger partial charge in [0, 0.05) is 11.1 Å². The van der Waals surface area contributed by atoms with Crippen LogP contribution >= 0.6 is 0 Å². The number of rotatable bonds is 2. The first-order valence-corrected chi connectivity index (χ1v) is 6.36. The van der Waals surface area contributed by atoms with Crippen LogP contribution in [0.3, 0.4) is 0 Å². The predicted molar refractivity (Wildman–Crippen MR) is 82.3 cm³/mol. The summed E-state index contributed by atoms with van der Waals surface area (Å²) in [5.41, 5.74) is 6.74. The monoisotopic (exact) mass is 279 g/mol. The van der Waals surface area contributed by atoms with Crippen LogP contribution in [0, 0.1) is 0 Å². The number of phenols is 2. The molecule has 5 heteroatoms. The molecule has 3 aromatic carbocycles. The van der Waals surface area contributed by atoms with Gasteiger partial charge in [0.1, 0.15) is 22.9 Å². The molecule has 0 spiro atoms. The summed E-state index contributed by atoms with van der Waals surface area (Å²) in [5, 5.41) is 29.5. The van der Waals surface area contributed by atoms with Gasteiger partial charge in [0.05, 0.1) is 0 Å². The topological polar surface area (TPSA) is 91.2 Å². The van der Waals surface area contributed by atoms with Crippen LogP contribution in [-0.2, 0) is 0 Å². The van der Waals surface area contributed by atoms with Gasteiger partial charge in [0.25, 0.3) is 0 Å². The molecule has 0 heterocycles. The summed E-state index contributed by atoms with van der Waals surface area (Å²) in [6, 6.07) is 15.5. The highest BCUT2D eigenvalue weighted by Gasteiger charge is 2.06. The van der Waals surface area contributed by atoms with Crippen LogP contribution in [0.1, 0.15) is 0 Å². The molecule has 0 aliphatic carbocycles. The molecule has 0 aliphatic heterocycles. The minimum Gasteiger partial charge on any atom is -0.506 e. The van der Waals surface area contributed by atoms with Crippen molar-refractivity contribution >= 4 is 27.8 Å². The van der Waals surface area contributed by atoms with Gasteiger partial charge in [-0.1, -0.05) is 30.3 Å². The number of azo groups is 1. The summed E-state index contributed by atoms with van der Waals surface area (Å²) in [7, 11) is 0. The molecule has 4 N–H and O–H groups in total. The Kier molecular flexibility index (Phi) is 3.16. The molecule has 3 rings (SSSR count). The molecule has 0 unspecified atom stereocenters. The maximum Gasteiger partial charge on any atom is 0.143 e. The molecule has 0 fully saturated rings. The van der Waals surface area contributed by atoms with Crippen LogP contribution in [-0.4, -0.2) is 10.2 Å². The highest BCUT2D eigenvalue weighted by molar-refractivity contribution is 5.95. The zero-order chi connectivity index (χ0) is 14.8. The Labute approximate surface area is 121 Å². The Balaban J connectivity index is 2.11. The average Bonchev–Trinajstić information content (AvgIpc) is 2.49. The summed E-state index contributed by atoms with van der Waals surface area (Å²) in [6.07, 6.45) is 0. The van der Waals surface area contributed by atoms with E-state index < -0.39 is 0 Å². The van der Waals surface area contributed by atoms with E-state index in [1.807, 2.05) is 30.3 Å². The van der Waals surface area contributed by atoms with E-state index in [1.165, 1.54) is 12.1 Å². The predicted octanol–water partition coefficient (Wildman–Crippen LogP) is 4.25. The number of phenolic OH excluding ortho intramolecular Hbond substituents is 2. The van der Waals surface area contributed by atoms with Crippen molar-refractivity contribution in [3.05, 3.63) is 54.6 Å². The molecule has 0 bridgehead atoms. The number of fused-ring (bicyclic) bond motifs is 1. The van der Waals surface area contributed by atoms with Gasteiger partial charge in [-0.05, 0) is 29.7 Å². The fourth-order valence-electron chi connectivity index (χ4n) is 2.07. The second kappa shape index (κ2) is 5.13. The van der Waals surface area contributed by atoms with Crippen LogP contribution in [0.5, 0.6) is 11.5 Å². The number of nitrogen functional groups attached to an aromatic ring is 1. The van der Waals surface area contributed by atoms with E-state index in [9.17, 15) is 10.2 Å². The molecule has 5 nitrogen and oxygen atoms in total. The van der Waals surface area contributed by atoms with Crippen molar-refractivity contribution in [2.24, 2.45) is 10.2 Å². The maximum absolute atomic E-state index is 9.97. The molecule has 0 radical (unpaired) electrons. The first-order chi connectivity index (χ1) is 10.1. The molecule has 0 amide bonds. The Morgan fingerprint density at radius 3 is 2.43 bits per heavy atom. The van der Waals surface area contributed by atoms with Gasteiger partial charge in [-0.25, -0.2) is 0 Å². The average molecular weight is 279 g/mol. The van der Waals surface area contributed by atoms with E-state index in [4.69, 9.17) is 5.73 Å². The van der Waals surface area contributed by atoms with Crippen LogP contribution in [0.2, 0.25) is 0 Å².